The fraction of sp³-hybridized carbons (Fsp3) is 0.500. The molecule has 0 aromatic rings. The van der Waals surface area contributed by atoms with Gasteiger partial charge in [0, 0.05) is 18.6 Å². The second-order valence-corrected chi connectivity index (χ2v) is 5.21. The molecule has 0 rings (SSSR count). The zero-order valence-corrected chi connectivity index (χ0v) is 14.4. The number of halogens is 6. The molecule has 0 unspecified atom stereocenters. The largest absolute Gasteiger partial charge is 0.479 e. The van der Waals surface area contributed by atoms with Crippen molar-refractivity contribution in [3.63, 3.8) is 0 Å². The molecule has 6 nitrogen and oxygen atoms in total. The Morgan fingerprint density at radius 1 is 0.579 bits per heavy atom. The van der Waals surface area contributed by atoms with E-state index >= 15 is 0 Å². The van der Waals surface area contributed by atoms with Crippen molar-refractivity contribution in [2.24, 2.45) is 0 Å². The number of carboxylic acid groups (broad SMARTS) is 3. The maximum atomic E-state index is 9.44. The van der Waals surface area contributed by atoms with Gasteiger partial charge in [0.2, 0.25) is 14.5 Å². The summed E-state index contributed by atoms with van der Waals surface area (Å²) in [5, 5.41) is 23.2. The van der Waals surface area contributed by atoms with Crippen LogP contribution >= 0.6 is 69.6 Å². The number of hydrogen-bond donors (Lipinski definition) is 3. The van der Waals surface area contributed by atoms with Gasteiger partial charge < -0.3 is 15.3 Å². The summed E-state index contributed by atoms with van der Waals surface area (Å²) in [5.41, 5.74) is 0. The van der Waals surface area contributed by atoms with Gasteiger partial charge in [0.15, 0.2) is 0 Å². The van der Waals surface area contributed by atoms with E-state index in [1.165, 1.54) is 0 Å². The van der Waals surface area contributed by atoms with Crippen LogP contribution in [0.4, 0.5) is 0 Å². The molecule has 0 bridgehead atoms. The van der Waals surface area contributed by atoms with Crippen LogP contribution in [0.15, 0.2) is 0 Å². The molecule has 0 fully saturated rings. The Balaban J connectivity index is -0.0000000865. The van der Waals surface area contributed by atoms with E-state index < -0.39 is 32.4 Å². The molecule has 0 spiro atoms. The molecule has 0 aromatic carbocycles. The van der Waals surface area contributed by atoms with Crippen LogP contribution in [0.2, 0.25) is 0 Å². The summed E-state index contributed by atoms with van der Waals surface area (Å²) in [4.78, 5) is 24.4. The van der Waals surface area contributed by atoms with Crippen molar-refractivity contribution in [1.29, 1.82) is 0 Å². The smallest absolute Gasteiger partial charge is 0.337 e. The molecule has 0 aliphatic carbocycles. The number of hydrogen-bond acceptors (Lipinski definition) is 3. The Morgan fingerprint density at radius 3 is 0.632 bits per heavy atom. The Labute approximate surface area is 149 Å². The molecule has 0 atom stereocenters. The van der Waals surface area contributed by atoms with Crippen LogP contribution in [-0.4, -0.2) is 47.7 Å². The number of aliphatic carboxylic acids is 3. The average Bonchev–Trinajstić information content (AvgIpc) is 2.18. The third kappa shape index (κ3) is 32.4. The summed E-state index contributed by atoms with van der Waals surface area (Å²) in [6.07, 6.45) is 0. The number of alkyl halides is 6. The Kier molecular flexibility index (Phi) is 24.7. The van der Waals surface area contributed by atoms with Crippen LogP contribution in [0.5, 0.6) is 0 Å². The van der Waals surface area contributed by atoms with E-state index in [9.17, 15) is 14.4 Å². The fourth-order valence-electron chi connectivity index (χ4n) is 0. The van der Waals surface area contributed by atoms with Gasteiger partial charge in [0.25, 0.3) is 0 Å². The first-order chi connectivity index (χ1) is 7.93. The van der Waals surface area contributed by atoms with Crippen molar-refractivity contribution in [3.05, 3.63) is 0 Å². The quantitative estimate of drug-likeness (QED) is 0.585. The first-order valence-electron chi connectivity index (χ1n) is 3.46. The maximum absolute atomic E-state index is 9.44. The minimum atomic E-state index is -1.29. The van der Waals surface area contributed by atoms with Crippen LogP contribution in [-0.2, 0) is 32.9 Å². The van der Waals surface area contributed by atoms with Crippen LogP contribution in [0.3, 0.4) is 0 Å². The van der Waals surface area contributed by atoms with Crippen molar-refractivity contribution < 1.29 is 48.3 Å². The van der Waals surface area contributed by atoms with E-state index in [1.807, 2.05) is 0 Å². The number of carboxylic acids is 3. The van der Waals surface area contributed by atoms with Crippen LogP contribution in [0, 0.1) is 0 Å². The molecule has 1 radical (unpaired) electrons. The summed E-state index contributed by atoms with van der Waals surface area (Å²) < 4.78 is 0. The number of rotatable bonds is 3. The molecule has 0 saturated heterocycles. The van der Waals surface area contributed by atoms with Crippen molar-refractivity contribution in [2.75, 3.05) is 0 Å². The molecule has 113 valence electrons. The van der Waals surface area contributed by atoms with Crippen LogP contribution in [0.1, 0.15) is 0 Å². The predicted octanol–water partition coefficient (Wildman–Crippen LogP) is 2.62. The Morgan fingerprint density at radius 2 is 0.632 bits per heavy atom. The van der Waals surface area contributed by atoms with Crippen molar-refractivity contribution in [1.82, 2.24) is 0 Å². The predicted molar refractivity (Wildman–Crippen MR) is 69.4 cm³/mol. The van der Waals surface area contributed by atoms with Crippen molar-refractivity contribution in [3.8, 4) is 0 Å². The van der Waals surface area contributed by atoms with Gasteiger partial charge in [-0.1, -0.05) is 69.6 Å². The third-order valence-electron chi connectivity index (χ3n) is 0.560. The molecule has 0 aliphatic heterocycles. The molecular formula is C6H6Cl6O6V. The van der Waals surface area contributed by atoms with E-state index in [4.69, 9.17) is 84.9 Å². The standard InChI is InChI=1S/3C2H2Cl2O2.V/c3*3-1(4)2(5)6;/h3*1H,(H,5,6);. The summed E-state index contributed by atoms with van der Waals surface area (Å²) in [6.45, 7) is 0. The Bertz CT molecular complexity index is 230. The van der Waals surface area contributed by atoms with Crippen molar-refractivity contribution in [2.45, 2.75) is 14.5 Å². The molecule has 0 saturated carbocycles. The molecule has 3 N–H and O–H groups in total. The van der Waals surface area contributed by atoms with E-state index in [0.717, 1.165) is 0 Å². The number of carbonyl (C=O) groups is 3. The van der Waals surface area contributed by atoms with Gasteiger partial charge in [-0.05, 0) is 0 Å². The molecule has 0 aromatic heterocycles. The average molecular weight is 438 g/mol. The minimum absolute atomic E-state index is 0. The summed E-state index contributed by atoms with van der Waals surface area (Å²) in [5.74, 6) is -3.63. The summed E-state index contributed by atoms with van der Waals surface area (Å²) in [7, 11) is 0. The fourth-order valence-corrected chi connectivity index (χ4v) is 0. The molecule has 0 amide bonds. The second-order valence-electron chi connectivity index (χ2n) is 1.92. The first kappa shape index (κ1) is 28.0. The van der Waals surface area contributed by atoms with Gasteiger partial charge in [-0.15, -0.1) is 0 Å². The maximum Gasteiger partial charge on any atom is 0.337 e. The molecule has 0 aliphatic rings. The Hall–Kier alpha value is 0.734. The van der Waals surface area contributed by atoms with Gasteiger partial charge in [-0.2, -0.15) is 0 Å². The first-order valence-corrected chi connectivity index (χ1v) is 6.08. The molecule has 13 heteroatoms. The molecular weight excluding hydrogens is 432 g/mol. The van der Waals surface area contributed by atoms with Gasteiger partial charge in [-0.3, -0.25) is 0 Å². The van der Waals surface area contributed by atoms with E-state index in [-0.39, 0.29) is 18.6 Å². The van der Waals surface area contributed by atoms with E-state index in [2.05, 4.69) is 0 Å². The van der Waals surface area contributed by atoms with Gasteiger partial charge in [0.05, 0.1) is 0 Å². The second kappa shape index (κ2) is 16.8. The van der Waals surface area contributed by atoms with Gasteiger partial charge in [0.1, 0.15) is 0 Å². The van der Waals surface area contributed by atoms with Gasteiger partial charge >= 0.3 is 17.9 Å². The van der Waals surface area contributed by atoms with Gasteiger partial charge in [-0.25, -0.2) is 14.4 Å². The summed E-state index contributed by atoms with van der Waals surface area (Å²) >= 11 is 28.7. The van der Waals surface area contributed by atoms with Crippen LogP contribution in [0.25, 0.3) is 0 Å². The normalized spacial score (nSPS) is 8.68. The van der Waals surface area contributed by atoms with E-state index in [1.54, 1.807) is 0 Å². The topological polar surface area (TPSA) is 112 Å². The molecule has 0 heterocycles. The van der Waals surface area contributed by atoms with E-state index in [0.29, 0.717) is 0 Å². The SMILES string of the molecule is O=C(O)C(Cl)Cl.O=C(O)C(Cl)Cl.O=C(O)C(Cl)Cl.[V]. The zero-order chi connectivity index (χ0) is 15.5. The summed E-state index contributed by atoms with van der Waals surface area (Å²) in [6, 6.07) is 0. The minimum Gasteiger partial charge on any atom is -0.479 e. The van der Waals surface area contributed by atoms with Crippen molar-refractivity contribution >= 4 is 87.5 Å². The monoisotopic (exact) mass is 435 g/mol. The third-order valence-corrected chi connectivity index (χ3v) is 1.68. The zero-order valence-electron chi connectivity index (χ0n) is 8.51. The molecule has 19 heavy (non-hydrogen) atoms. The van der Waals surface area contributed by atoms with Crippen LogP contribution < -0.4 is 0 Å².